The summed E-state index contributed by atoms with van der Waals surface area (Å²) in [6.45, 7) is 5.64. The largest absolute Gasteiger partial charge is 0.389 e. The molecule has 0 amide bonds. The molecule has 1 unspecified atom stereocenters. The van der Waals surface area contributed by atoms with Crippen LogP contribution in [0.3, 0.4) is 0 Å². The van der Waals surface area contributed by atoms with Gasteiger partial charge in [0.05, 0.1) is 6.10 Å². The van der Waals surface area contributed by atoms with E-state index in [1.165, 1.54) is 5.56 Å². The van der Waals surface area contributed by atoms with Crippen LogP contribution in [0.25, 0.3) is 11.4 Å². The number of hydrogen-bond acceptors (Lipinski definition) is 3. The minimum absolute atomic E-state index is 0.541. The number of aliphatic hydroxyl groups excluding tert-OH is 1. The molecule has 0 aliphatic carbocycles. The number of aliphatic hydroxyl groups is 1. The standard InChI is InChI=1S/C14H15BrN2O/c1-8-4-5-11(13(15)6-8)14-16-7-12(10(3)18)9(2)17-14/h4-7,10,18H,1-3H3. The highest BCUT2D eigenvalue weighted by Crippen LogP contribution is 2.27. The first kappa shape index (κ1) is 13.2. The van der Waals surface area contributed by atoms with Crippen LogP contribution in [-0.4, -0.2) is 15.1 Å². The maximum atomic E-state index is 9.57. The minimum Gasteiger partial charge on any atom is -0.389 e. The van der Waals surface area contributed by atoms with E-state index in [-0.39, 0.29) is 0 Å². The number of hydrogen-bond donors (Lipinski definition) is 1. The van der Waals surface area contributed by atoms with Crippen LogP contribution in [0, 0.1) is 13.8 Å². The molecule has 1 atom stereocenters. The smallest absolute Gasteiger partial charge is 0.160 e. The topological polar surface area (TPSA) is 46.0 Å². The summed E-state index contributed by atoms with van der Waals surface area (Å²) in [5, 5.41) is 9.57. The van der Waals surface area contributed by atoms with Gasteiger partial charge in [0.15, 0.2) is 5.82 Å². The summed E-state index contributed by atoms with van der Waals surface area (Å²) in [7, 11) is 0. The van der Waals surface area contributed by atoms with Gasteiger partial charge in [-0.2, -0.15) is 0 Å². The van der Waals surface area contributed by atoms with Crippen molar-refractivity contribution in [1.82, 2.24) is 9.97 Å². The summed E-state index contributed by atoms with van der Waals surface area (Å²) in [6.07, 6.45) is 1.15. The first-order valence-electron chi connectivity index (χ1n) is 5.77. The molecule has 18 heavy (non-hydrogen) atoms. The maximum Gasteiger partial charge on any atom is 0.160 e. The Morgan fingerprint density at radius 2 is 2.00 bits per heavy atom. The number of rotatable bonds is 2. The van der Waals surface area contributed by atoms with E-state index in [4.69, 9.17) is 0 Å². The summed E-state index contributed by atoms with van der Waals surface area (Å²) < 4.78 is 0.978. The molecule has 1 aromatic heterocycles. The molecule has 4 heteroatoms. The molecule has 94 valence electrons. The van der Waals surface area contributed by atoms with Crippen molar-refractivity contribution in [3.8, 4) is 11.4 Å². The summed E-state index contributed by atoms with van der Waals surface area (Å²) in [5.41, 5.74) is 3.72. The first-order valence-corrected chi connectivity index (χ1v) is 6.56. The second-order valence-electron chi connectivity index (χ2n) is 4.39. The van der Waals surface area contributed by atoms with Crippen molar-refractivity contribution in [2.75, 3.05) is 0 Å². The van der Waals surface area contributed by atoms with Gasteiger partial charge in [-0.1, -0.05) is 22.0 Å². The number of aromatic nitrogens is 2. The third-order valence-electron chi connectivity index (χ3n) is 2.83. The van der Waals surface area contributed by atoms with E-state index < -0.39 is 6.10 Å². The maximum absolute atomic E-state index is 9.57. The molecule has 0 fully saturated rings. The first-order chi connectivity index (χ1) is 8.49. The van der Waals surface area contributed by atoms with Gasteiger partial charge < -0.3 is 5.11 Å². The predicted molar refractivity (Wildman–Crippen MR) is 75.3 cm³/mol. The monoisotopic (exact) mass is 306 g/mol. The fourth-order valence-corrected chi connectivity index (χ4v) is 2.49. The third kappa shape index (κ3) is 2.60. The van der Waals surface area contributed by atoms with Crippen LogP contribution >= 0.6 is 15.9 Å². The Morgan fingerprint density at radius 1 is 1.28 bits per heavy atom. The fourth-order valence-electron chi connectivity index (χ4n) is 1.82. The number of halogens is 1. The van der Waals surface area contributed by atoms with E-state index in [1.807, 2.05) is 32.0 Å². The summed E-state index contributed by atoms with van der Waals surface area (Å²) in [4.78, 5) is 8.77. The third-order valence-corrected chi connectivity index (χ3v) is 3.49. The van der Waals surface area contributed by atoms with Crippen molar-refractivity contribution in [2.24, 2.45) is 0 Å². The average molecular weight is 307 g/mol. The van der Waals surface area contributed by atoms with Crippen molar-refractivity contribution >= 4 is 15.9 Å². The van der Waals surface area contributed by atoms with Gasteiger partial charge in [0.25, 0.3) is 0 Å². The van der Waals surface area contributed by atoms with Gasteiger partial charge >= 0.3 is 0 Å². The van der Waals surface area contributed by atoms with E-state index in [0.29, 0.717) is 5.82 Å². The second-order valence-corrected chi connectivity index (χ2v) is 5.25. The van der Waals surface area contributed by atoms with Gasteiger partial charge in [-0.25, -0.2) is 9.97 Å². The van der Waals surface area contributed by atoms with Gasteiger partial charge in [0, 0.05) is 27.5 Å². The van der Waals surface area contributed by atoms with Gasteiger partial charge in [0.2, 0.25) is 0 Å². The average Bonchev–Trinajstić information content (AvgIpc) is 2.28. The highest BCUT2D eigenvalue weighted by Gasteiger charge is 2.11. The van der Waals surface area contributed by atoms with E-state index >= 15 is 0 Å². The summed E-state index contributed by atoms with van der Waals surface area (Å²) >= 11 is 3.53. The molecule has 0 saturated heterocycles. The molecule has 1 N–H and O–H groups in total. The highest BCUT2D eigenvalue weighted by atomic mass is 79.9. The van der Waals surface area contributed by atoms with Gasteiger partial charge in [-0.3, -0.25) is 0 Å². The number of aryl methyl sites for hydroxylation is 2. The SMILES string of the molecule is Cc1ccc(-c2ncc(C(C)O)c(C)n2)c(Br)c1. The lowest BCUT2D eigenvalue weighted by molar-refractivity contribution is 0.197. The Balaban J connectivity index is 2.49. The van der Waals surface area contributed by atoms with Gasteiger partial charge in [-0.15, -0.1) is 0 Å². The molecule has 2 rings (SSSR count). The lowest BCUT2D eigenvalue weighted by Crippen LogP contribution is -2.01. The lowest BCUT2D eigenvalue weighted by Gasteiger charge is -2.10. The van der Waals surface area contributed by atoms with Crippen molar-refractivity contribution in [1.29, 1.82) is 0 Å². The Morgan fingerprint density at radius 3 is 2.56 bits per heavy atom. The van der Waals surface area contributed by atoms with E-state index in [2.05, 4.69) is 25.9 Å². The lowest BCUT2D eigenvalue weighted by atomic mass is 10.1. The molecule has 0 radical (unpaired) electrons. The molecule has 1 aromatic carbocycles. The molecule has 0 bridgehead atoms. The van der Waals surface area contributed by atoms with Crippen LogP contribution < -0.4 is 0 Å². The Kier molecular flexibility index (Phi) is 3.78. The predicted octanol–water partition coefficient (Wildman–Crippen LogP) is 3.58. The molecular formula is C14H15BrN2O. The van der Waals surface area contributed by atoms with Crippen molar-refractivity contribution in [2.45, 2.75) is 26.9 Å². The molecule has 0 aliphatic rings. The number of nitrogens with zero attached hydrogens (tertiary/aromatic N) is 2. The van der Waals surface area contributed by atoms with Crippen LogP contribution in [0.1, 0.15) is 29.8 Å². The zero-order valence-corrected chi connectivity index (χ0v) is 12.2. The fraction of sp³-hybridized carbons (Fsp3) is 0.286. The van der Waals surface area contributed by atoms with E-state index in [1.54, 1.807) is 13.1 Å². The quantitative estimate of drug-likeness (QED) is 0.922. The van der Waals surface area contributed by atoms with E-state index in [0.717, 1.165) is 21.3 Å². The summed E-state index contributed by atoms with van der Waals surface area (Å²) in [5.74, 6) is 0.670. The molecule has 0 aliphatic heterocycles. The van der Waals surface area contributed by atoms with Crippen LogP contribution in [0.2, 0.25) is 0 Å². The van der Waals surface area contributed by atoms with Crippen LogP contribution in [0.5, 0.6) is 0 Å². The minimum atomic E-state index is -0.541. The zero-order chi connectivity index (χ0) is 13.3. The van der Waals surface area contributed by atoms with Crippen molar-refractivity contribution in [3.63, 3.8) is 0 Å². The number of benzene rings is 1. The van der Waals surface area contributed by atoms with Crippen LogP contribution in [-0.2, 0) is 0 Å². The van der Waals surface area contributed by atoms with E-state index in [9.17, 15) is 5.11 Å². The normalized spacial score (nSPS) is 12.5. The molecule has 2 aromatic rings. The van der Waals surface area contributed by atoms with Crippen LogP contribution in [0.4, 0.5) is 0 Å². The zero-order valence-electron chi connectivity index (χ0n) is 10.6. The van der Waals surface area contributed by atoms with Gasteiger partial charge in [0.1, 0.15) is 0 Å². The van der Waals surface area contributed by atoms with Crippen molar-refractivity contribution in [3.05, 3.63) is 45.7 Å². The Bertz CT molecular complexity index is 582. The Hall–Kier alpha value is -1.26. The molecule has 3 nitrogen and oxygen atoms in total. The second kappa shape index (κ2) is 5.16. The molecule has 0 spiro atoms. The Labute approximate surface area is 115 Å². The molecule has 1 heterocycles. The highest BCUT2D eigenvalue weighted by molar-refractivity contribution is 9.10. The summed E-state index contributed by atoms with van der Waals surface area (Å²) in [6, 6.07) is 6.06. The molecular weight excluding hydrogens is 292 g/mol. The van der Waals surface area contributed by atoms with Crippen molar-refractivity contribution < 1.29 is 5.11 Å². The van der Waals surface area contributed by atoms with Crippen LogP contribution in [0.15, 0.2) is 28.9 Å². The van der Waals surface area contributed by atoms with Gasteiger partial charge in [-0.05, 0) is 38.5 Å². The molecule has 0 saturated carbocycles.